The Morgan fingerprint density at radius 1 is 1.39 bits per heavy atom. The zero-order chi connectivity index (χ0) is 13.5. The van der Waals surface area contributed by atoms with Gasteiger partial charge in [0, 0.05) is 6.04 Å². The van der Waals surface area contributed by atoms with Crippen molar-refractivity contribution in [1.29, 1.82) is 0 Å². The first-order valence-corrected chi connectivity index (χ1v) is 7.22. The number of amides is 1. The number of hydrogen-bond acceptors (Lipinski definition) is 3. The van der Waals surface area contributed by atoms with E-state index in [4.69, 9.17) is 5.73 Å². The van der Waals surface area contributed by atoms with Crippen molar-refractivity contribution in [3.05, 3.63) is 0 Å². The molecule has 18 heavy (non-hydrogen) atoms. The van der Waals surface area contributed by atoms with Crippen molar-refractivity contribution in [2.24, 2.45) is 17.6 Å². The Bertz CT molecular complexity index is 257. The van der Waals surface area contributed by atoms with E-state index in [1.165, 1.54) is 12.8 Å². The summed E-state index contributed by atoms with van der Waals surface area (Å²) < 4.78 is 0. The molecule has 106 valence electrons. The van der Waals surface area contributed by atoms with Crippen LogP contribution in [-0.2, 0) is 4.79 Å². The largest absolute Gasteiger partial charge is 0.352 e. The van der Waals surface area contributed by atoms with Gasteiger partial charge in [0.15, 0.2) is 0 Å². The van der Waals surface area contributed by atoms with Crippen LogP contribution in [0.3, 0.4) is 0 Å². The van der Waals surface area contributed by atoms with Crippen LogP contribution >= 0.6 is 0 Å². The highest BCUT2D eigenvalue weighted by molar-refractivity contribution is 5.78. The summed E-state index contributed by atoms with van der Waals surface area (Å²) in [5, 5.41) is 3.19. The fourth-order valence-electron chi connectivity index (χ4n) is 2.72. The molecule has 1 saturated carbocycles. The number of nitrogens with zero attached hydrogens (tertiary/aromatic N) is 1. The summed E-state index contributed by atoms with van der Waals surface area (Å²) in [7, 11) is 1.97. The third kappa shape index (κ3) is 4.94. The Morgan fingerprint density at radius 2 is 2.11 bits per heavy atom. The topological polar surface area (TPSA) is 58.4 Å². The average Bonchev–Trinajstić information content (AvgIpc) is 2.32. The van der Waals surface area contributed by atoms with Crippen LogP contribution in [0, 0.1) is 11.8 Å². The van der Waals surface area contributed by atoms with Crippen LogP contribution in [0.25, 0.3) is 0 Å². The maximum absolute atomic E-state index is 12.0. The lowest BCUT2D eigenvalue weighted by Gasteiger charge is -2.35. The molecule has 0 aromatic heterocycles. The Balaban J connectivity index is 2.30. The van der Waals surface area contributed by atoms with Gasteiger partial charge in [-0.3, -0.25) is 9.69 Å². The van der Waals surface area contributed by atoms with E-state index < -0.39 is 0 Å². The average molecular weight is 255 g/mol. The van der Waals surface area contributed by atoms with Gasteiger partial charge in [0.1, 0.15) is 0 Å². The minimum absolute atomic E-state index is 0.153. The molecule has 0 aromatic rings. The number of likely N-dealkylation sites (N-methyl/N-ethyl adjacent to an activating group) is 1. The normalized spacial score (nSPS) is 28.4. The first kappa shape index (κ1) is 15.4. The maximum Gasteiger partial charge on any atom is 0.234 e. The summed E-state index contributed by atoms with van der Waals surface area (Å²) in [5.41, 5.74) is 5.46. The Kier molecular flexibility index (Phi) is 6.65. The highest BCUT2D eigenvalue weighted by atomic mass is 16.2. The molecule has 1 rings (SSSR count). The van der Waals surface area contributed by atoms with E-state index in [2.05, 4.69) is 19.2 Å². The highest BCUT2D eigenvalue weighted by Crippen LogP contribution is 2.29. The molecule has 0 heterocycles. The molecule has 0 aliphatic heterocycles. The first-order chi connectivity index (χ1) is 8.54. The summed E-state index contributed by atoms with van der Waals surface area (Å²) >= 11 is 0. The molecule has 0 bridgehead atoms. The molecular weight excluding hydrogens is 226 g/mol. The molecule has 0 aromatic carbocycles. The van der Waals surface area contributed by atoms with Crippen LogP contribution in [0.15, 0.2) is 0 Å². The van der Waals surface area contributed by atoms with E-state index >= 15 is 0 Å². The lowest BCUT2D eigenvalue weighted by atomic mass is 9.78. The fourth-order valence-corrected chi connectivity index (χ4v) is 2.72. The van der Waals surface area contributed by atoms with Crippen LogP contribution in [0.4, 0.5) is 0 Å². The molecule has 0 radical (unpaired) electrons. The third-order valence-electron chi connectivity index (χ3n) is 4.21. The number of nitrogens with one attached hydrogen (secondary N) is 1. The lowest BCUT2D eigenvalue weighted by Crippen LogP contribution is -2.47. The molecule has 3 N–H and O–H groups in total. The molecule has 3 unspecified atom stereocenters. The van der Waals surface area contributed by atoms with Gasteiger partial charge in [-0.2, -0.15) is 0 Å². The molecular formula is C14H29N3O. The molecule has 1 amide bonds. The monoisotopic (exact) mass is 255 g/mol. The summed E-state index contributed by atoms with van der Waals surface area (Å²) in [6, 6.07) is 0.365. The van der Waals surface area contributed by atoms with Crippen LogP contribution in [0.1, 0.15) is 39.5 Å². The van der Waals surface area contributed by atoms with Crippen LogP contribution in [0.2, 0.25) is 0 Å². The van der Waals surface area contributed by atoms with Crippen molar-refractivity contribution < 1.29 is 4.79 Å². The predicted octanol–water partition coefficient (Wildman–Crippen LogP) is 1.21. The number of carbonyl (C=O) groups is 1. The smallest absolute Gasteiger partial charge is 0.234 e. The Hall–Kier alpha value is -0.610. The fraction of sp³-hybridized carbons (Fsp3) is 0.929. The second-order valence-electron chi connectivity index (χ2n) is 5.82. The van der Waals surface area contributed by atoms with Gasteiger partial charge in [-0.25, -0.2) is 0 Å². The van der Waals surface area contributed by atoms with Gasteiger partial charge >= 0.3 is 0 Å². The molecule has 1 aliphatic rings. The van der Waals surface area contributed by atoms with Gasteiger partial charge in [-0.15, -0.1) is 0 Å². The number of carbonyl (C=O) groups excluding carboxylic acids is 1. The molecule has 0 saturated heterocycles. The molecule has 4 nitrogen and oxygen atoms in total. The van der Waals surface area contributed by atoms with Gasteiger partial charge in [-0.1, -0.05) is 26.7 Å². The van der Waals surface area contributed by atoms with Gasteiger partial charge in [0.25, 0.3) is 0 Å². The van der Waals surface area contributed by atoms with Crippen molar-refractivity contribution in [2.45, 2.75) is 45.6 Å². The van der Waals surface area contributed by atoms with Crippen molar-refractivity contribution in [1.82, 2.24) is 10.2 Å². The van der Waals surface area contributed by atoms with Crippen molar-refractivity contribution in [3.63, 3.8) is 0 Å². The Morgan fingerprint density at radius 3 is 2.78 bits per heavy atom. The van der Waals surface area contributed by atoms with Crippen LogP contribution in [-0.4, -0.2) is 43.5 Å². The van der Waals surface area contributed by atoms with Gasteiger partial charge in [0.2, 0.25) is 5.91 Å². The quantitative estimate of drug-likeness (QED) is 0.750. The number of rotatable bonds is 6. The van der Waals surface area contributed by atoms with Gasteiger partial charge in [-0.05, 0) is 44.8 Å². The zero-order valence-electron chi connectivity index (χ0n) is 12.1. The van der Waals surface area contributed by atoms with E-state index in [0.717, 1.165) is 25.3 Å². The second-order valence-corrected chi connectivity index (χ2v) is 5.82. The number of nitrogens with two attached hydrogens (primary N) is 1. The summed E-state index contributed by atoms with van der Waals surface area (Å²) in [4.78, 5) is 14.0. The van der Waals surface area contributed by atoms with Crippen LogP contribution in [0.5, 0.6) is 0 Å². The van der Waals surface area contributed by atoms with E-state index in [1.807, 2.05) is 11.9 Å². The van der Waals surface area contributed by atoms with Gasteiger partial charge in [0.05, 0.1) is 6.54 Å². The van der Waals surface area contributed by atoms with E-state index in [-0.39, 0.29) is 5.91 Å². The van der Waals surface area contributed by atoms with Gasteiger partial charge < -0.3 is 11.1 Å². The minimum atomic E-state index is 0.153. The van der Waals surface area contributed by atoms with E-state index in [1.54, 1.807) is 0 Å². The first-order valence-electron chi connectivity index (χ1n) is 7.22. The summed E-state index contributed by atoms with van der Waals surface area (Å²) in [5.74, 6) is 1.47. The van der Waals surface area contributed by atoms with Crippen molar-refractivity contribution >= 4 is 5.91 Å². The second kappa shape index (κ2) is 7.74. The SMILES string of the molecule is CC1CCCC(NC(=O)CN(C)CCCN)C1C. The van der Waals surface area contributed by atoms with Crippen molar-refractivity contribution in [3.8, 4) is 0 Å². The third-order valence-corrected chi connectivity index (χ3v) is 4.21. The molecule has 4 heteroatoms. The van der Waals surface area contributed by atoms with Crippen molar-refractivity contribution in [2.75, 3.05) is 26.7 Å². The highest BCUT2D eigenvalue weighted by Gasteiger charge is 2.28. The van der Waals surface area contributed by atoms with E-state index in [9.17, 15) is 4.79 Å². The standard InChI is InChI=1S/C14H29N3O/c1-11-6-4-7-13(12(11)2)16-14(18)10-17(3)9-5-8-15/h11-13H,4-10,15H2,1-3H3,(H,16,18). The molecule has 1 fully saturated rings. The maximum atomic E-state index is 12.0. The minimum Gasteiger partial charge on any atom is -0.352 e. The Labute approximate surface area is 111 Å². The van der Waals surface area contributed by atoms with Crippen LogP contribution < -0.4 is 11.1 Å². The molecule has 1 aliphatic carbocycles. The summed E-state index contributed by atoms with van der Waals surface area (Å²) in [6.07, 6.45) is 4.60. The lowest BCUT2D eigenvalue weighted by molar-refractivity contribution is -0.123. The van der Waals surface area contributed by atoms with E-state index in [0.29, 0.717) is 25.0 Å². The molecule has 3 atom stereocenters. The summed E-state index contributed by atoms with van der Waals surface area (Å²) in [6.45, 7) is 6.60. The predicted molar refractivity (Wildman–Crippen MR) is 75.3 cm³/mol. The zero-order valence-corrected chi connectivity index (χ0v) is 12.1. The number of hydrogen-bond donors (Lipinski definition) is 2. The molecule has 0 spiro atoms.